The first-order chi connectivity index (χ1) is 7.70. The average molecular weight is 241 g/mol. The zero-order valence-electron chi connectivity index (χ0n) is 10.0. The fourth-order valence-electron chi connectivity index (χ4n) is 3.07. The van der Waals surface area contributed by atoms with Gasteiger partial charge in [-0.2, -0.15) is 0 Å². The van der Waals surface area contributed by atoms with Crippen LogP contribution in [0, 0.1) is 11.8 Å². The van der Waals surface area contributed by atoms with E-state index in [1.54, 1.807) is 0 Å². The van der Waals surface area contributed by atoms with Gasteiger partial charge < -0.3 is 0 Å². The van der Waals surface area contributed by atoms with Crippen LogP contribution in [0.3, 0.4) is 0 Å². The molecule has 1 fully saturated rings. The molecule has 0 heterocycles. The molecule has 2 aliphatic carbocycles. The van der Waals surface area contributed by atoms with Gasteiger partial charge in [0.2, 0.25) is 0 Å². The largest absolute Gasteiger partial charge is 0.297 e. The molecule has 0 spiro atoms. The molecule has 0 aliphatic heterocycles. The van der Waals surface area contributed by atoms with Gasteiger partial charge in [-0.15, -0.1) is 11.6 Å². The van der Waals surface area contributed by atoms with E-state index in [4.69, 9.17) is 11.6 Å². The second-order valence-electron chi connectivity index (χ2n) is 5.18. The van der Waals surface area contributed by atoms with Crippen molar-refractivity contribution in [2.45, 2.75) is 56.7 Å². The van der Waals surface area contributed by atoms with Crippen molar-refractivity contribution in [1.29, 1.82) is 0 Å². The average Bonchev–Trinajstić information content (AvgIpc) is 2.30. The first kappa shape index (κ1) is 12.2. The van der Waals surface area contributed by atoms with Crippen LogP contribution in [0.5, 0.6) is 0 Å². The smallest absolute Gasteiger partial charge is 0.158 e. The quantitative estimate of drug-likeness (QED) is 0.402. The zero-order valence-corrected chi connectivity index (χ0v) is 10.8. The van der Waals surface area contributed by atoms with Crippen LogP contribution in [0.15, 0.2) is 12.2 Å². The lowest BCUT2D eigenvalue weighted by Gasteiger charge is -2.50. The number of allylic oxidation sites excluding steroid dienone is 2. The van der Waals surface area contributed by atoms with Crippen molar-refractivity contribution in [2.75, 3.05) is 0 Å². The van der Waals surface area contributed by atoms with Crippen molar-refractivity contribution in [3.63, 3.8) is 0 Å². The Hall–Kier alpha value is -0.300. The second kappa shape index (κ2) is 4.91. The summed E-state index contributed by atoms with van der Waals surface area (Å²) in [5.41, 5.74) is 0. The van der Waals surface area contributed by atoms with Gasteiger partial charge in [-0.05, 0) is 19.3 Å². The highest BCUT2D eigenvalue weighted by Crippen LogP contribution is 2.53. The number of fused-ring (bicyclic) bond motifs is 1. The van der Waals surface area contributed by atoms with Gasteiger partial charge >= 0.3 is 0 Å². The third-order valence-electron chi connectivity index (χ3n) is 4.10. The summed E-state index contributed by atoms with van der Waals surface area (Å²) >= 11 is 6.39. The summed E-state index contributed by atoms with van der Waals surface area (Å²) < 4.78 is 0. The first-order valence-corrected chi connectivity index (χ1v) is 6.98. The molecule has 0 N–H and O–H groups in total. The molecule has 1 saturated carbocycles. The number of halogens is 1. The molecule has 1 nitrogen and oxygen atoms in total. The third kappa shape index (κ3) is 1.95. The van der Waals surface area contributed by atoms with Crippen molar-refractivity contribution in [2.24, 2.45) is 11.8 Å². The van der Waals surface area contributed by atoms with Gasteiger partial charge in [0.05, 0.1) is 0 Å². The number of alkyl halides is 1. The van der Waals surface area contributed by atoms with Crippen LogP contribution in [0.4, 0.5) is 0 Å². The van der Waals surface area contributed by atoms with Crippen molar-refractivity contribution in [1.82, 2.24) is 0 Å². The molecule has 0 aromatic carbocycles. The van der Waals surface area contributed by atoms with Crippen LogP contribution in [0.25, 0.3) is 0 Å². The highest BCUT2D eigenvalue weighted by Gasteiger charge is 2.59. The van der Waals surface area contributed by atoms with Crippen molar-refractivity contribution < 1.29 is 4.79 Å². The van der Waals surface area contributed by atoms with E-state index in [9.17, 15) is 4.79 Å². The minimum absolute atomic E-state index is 0.228. The number of Topliss-reactive ketones (excluding diaryl/α,β-unsaturated/α-hetero) is 1. The summed E-state index contributed by atoms with van der Waals surface area (Å²) in [6, 6.07) is 0. The molecule has 3 atom stereocenters. The second-order valence-corrected chi connectivity index (χ2v) is 5.85. The maximum Gasteiger partial charge on any atom is 0.158 e. The Morgan fingerprint density at radius 1 is 1.44 bits per heavy atom. The third-order valence-corrected chi connectivity index (χ3v) is 4.72. The molecular formula is C14H21ClO. The van der Waals surface area contributed by atoms with Crippen LogP contribution >= 0.6 is 11.6 Å². The van der Waals surface area contributed by atoms with E-state index in [0.29, 0.717) is 11.7 Å². The molecule has 3 unspecified atom stereocenters. The van der Waals surface area contributed by atoms with Crippen LogP contribution in [0.2, 0.25) is 0 Å². The number of hydrogen-bond acceptors (Lipinski definition) is 1. The van der Waals surface area contributed by atoms with Gasteiger partial charge in [-0.1, -0.05) is 44.8 Å². The van der Waals surface area contributed by atoms with Gasteiger partial charge in [-0.25, -0.2) is 0 Å². The Kier molecular flexibility index (Phi) is 3.73. The standard InChI is InChI=1S/C14H21ClO/c1-2-3-4-5-8-11-12-9-6-7-10-14(12,15)13(11)16/h6,9,11-12H,2-5,7-8,10H2,1H3. The minimum Gasteiger partial charge on any atom is -0.297 e. The van der Waals surface area contributed by atoms with Crippen LogP contribution < -0.4 is 0 Å². The highest BCUT2D eigenvalue weighted by molar-refractivity contribution is 6.38. The zero-order chi connectivity index (χ0) is 11.6. The summed E-state index contributed by atoms with van der Waals surface area (Å²) in [5, 5.41) is 0. The fraction of sp³-hybridized carbons (Fsp3) is 0.786. The minimum atomic E-state index is -0.510. The monoisotopic (exact) mass is 240 g/mol. The summed E-state index contributed by atoms with van der Waals surface area (Å²) in [6.07, 6.45) is 12.2. The van der Waals surface area contributed by atoms with E-state index in [1.165, 1.54) is 25.7 Å². The Bertz CT molecular complexity index is 297. The van der Waals surface area contributed by atoms with E-state index in [0.717, 1.165) is 19.3 Å². The molecule has 16 heavy (non-hydrogen) atoms. The van der Waals surface area contributed by atoms with Crippen molar-refractivity contribution in [3.05, 3.63) is 12.2 Å². The Balaban J connectivity index is 1.85. The predicted molar refractivity (Wildman–Crippen MR) is 67.7 cm³/mol. The topological polar surface area (TPSA) is 17.1 Å². The molecule has 2 aliphatic rings. The predicted octanol–water partition coefficient (Wildman–Crippen LogP) is 4.10. The normalized spacial score (nSPS) is 37.0. The van der Waals surface area contributed by atoms with E-state index in [2.05, 4.69) is 19.1 Å². The molecule has 0 amide bonds. The lowest BCUT2D eigenvalue weighted by molar-refractivity contribution is -0.138. The van der Waals surface area contributed by atoms with Gasteiger partial charge in [0.1, 0.15) is 4.87 Å². The number of unbranched alkanes of at least 4 members (excludes halogenated alkanes) is 3. The molecule has 0 bridgehead atoms. The molecule has 0 aromatic heterocycles. The van der Waals surface area contributed by atoms with Crippen molar-refractivity contribution in [3.8, 4) is 0 Å². The maximum atomic E-state index is 12.0. The molecule has 0 aromatic rings. The lowest BCUT2D eigenvalue weighted by Crippen LogP contribution is -2.59. The number of carbonyl (C=O) groups excluding carboxylic acids is 1. The summed E-state index contributed by atoms with van der Waals surface area (Å²) in [4.78, 5) is 11.5. The molecule has 2 heteroatoms. The van der Waals surface area contributed by atoms with E-state index < -0.39 is 4.87 Å². The van der Waals surface area contributed by atoms with E-state index in [1.807, 2.05) is 0 Å². The Labute approximate surface area is 103 Å². The van der Waals surface area contributed by atoms with E-state index >= 15 is 0 Å². The first-order valence-electron chi connectivity index (χ1n) is 6.60. The van der Waals surface area contributed by atoms with Gasteiger partial charge in [-0.3, -0.25) is 4.79 Å². The van der Waals surface area contributed by atoms with Crippen LogP contribution in [-0.2, 0) is 4.79 Å². The van der Waals surface area contributed by atoms with Gasteiger partial charge in [0.15, 0.2) is 5.78 Å². The molecular weight excluding hydrogens is 220 g/mol. The fourth-order valence-corrected chi connectivity index (χ4v) is 3.55. The van der Waals surface area contributed by atoms with Crippen molar-refractivity contribution >= 4 is 17.4 Å². The Morgan fingerprint density at radius 2 is 2.25 bits per heavy atom. The Morgan fingerprint density at radius 3 is 3.00 bits per heavy atom. The van der Waals surface area contributed by atoms with Gasteiger partial charge in [0.25, 0.3) is 0 Å². The SMILES string of the molecule is CCCCCCC1C(=O)C2(Cl)CCC=CC12. The summed E-state index contributed by atoms with van der Waals surface area (Å²) in [6.45, 7) is 2.21. The number of hydrogen-bond donors (Lipinski definition) is 0. The van der Waals surface area contributed by atoms with Crippen LogP contribution in [0.1, 0.15) is 51.9 Å². The molecule has 2 rings (SSSR count). The molecule has 90 valence electrons. The van der Waals surface area contributed by atoms with Crippen LogP contribution in [-0.4, -0.2) is 10.7 Å². The molecule has 0 radical (unpaired) electrons. The number of ketones is 1. The highest BCUT2D eigenvalue weighted by atomic mass is 35.5. The number of rotatable bonds is 5. The summed E-state index contributed by atoms with van der Waals surface area (Å²) in [5.74, 6) is 0.878. The van der Waals surface area contributed by atoms with Gasteiger partial charge in [0, 0.05) is 11.8 Å². The molecule has 0 saturated heterocycles. The number of carbonyl (C=O) groups is 1. The lowest BCUT2D eigenvalue weighted by atomic mass is 9.58. The van der Waals surface area contributed by atoms with E-state index in [-0.39, 0.29) is 5.92 Å². The maximum absolute atomic E-state index is 12.0. The summed E-state index contributed by atoms with van der Waals surface area (Å²) in [7, 11) is 0.